The van der Waals surface area contributed by atoms with Crippen LogP contribution < -0.4 is 0 Å². The van der Waals surface area contributed by atoms with Crippen LogP contribution >= 0.6 is 0 Å². The Morgan fingerprint density at radius 1 is 0.169 bits per heavy atom. The van der Waals surface area contributed by atoms with Crippen LogP contribution in [0.3, 0.4) is 0 Å². The van der Waals surface area contributed by atoms with Crippen LogP contribution in [0.15, 0.2) is 158 Å². The summed E-state index contributed by atoms with van der Waals surface area (Å²) in [6.07, 6.45) is 7.91. The lowest BCUT2D eigenvalue weighted by Gasteiger charge is -2.25. The van der Waals surface area contributed by atoms with Crippen molar-refractivity contribution in [2.24, 2.45) is 11.8 Å². The molecule has 0 heteroatoms. The smallest absolute Gasteiger partial charge is 0.0122 e. The SMILES string of the molecule is Cc1cc(C)c(C)c(C)c1.Cc1cc(C)c(C)c(C)c1.Cc1cc(C)c2c(C)c(C)c(C)cc2c1.Cc1cc(C)c2c(C)c(C)c(C)cc2c1.Cc1cc2c(c(C)c1C)CCC(C)C2.Cc1cc2c(c(C)c1C)CCC(C)C2.Cc1ccc(C)c(C)c1.Cc1ccc(C)c(C)c1.Cc1ccc2c(C)c(C)c(C)cc2c1.Cc1ccc2c(C)c(C)c(C)cc2c1. The Kier molecular flexibility index (Phi) is 36.6. The van der Waals surface area contributed by atoms with E-state index < -0.39 is 0 Å². The maximum Gasteiger partial charge on any atom is -0.0122 e. The van der Waals surface area contributed by atoms with Crippen LogP contribution in [-0.4, -0.2) is 0 Å². The summed E-state index contributed by atoms with van der Waals surface area (Å²) in [5.74, 6) is 1.76. The highest BCUT2D eigenvalue weighted by atomic mass is 14.3. The molecule has 0 saturated heterocycles. The zero-order valence-electron chi connectivity index (χ0n) is 85.4. The molecule has 0 radical (unpaired) electrons. The molecule has 0 saturated carbocycles. The largest absolute Gasteiger partial charge is 0.0622 e. The van der Waals surface area contributed by atoms with Gasteiger partial charge in [-0.15, -0.1) is 0 Å². The molecule has 2 atom stereocenters. The number of benzene rings is 14. The van der Waals surface area contributed by atoms with Crippen molar-refractivity contribution in [2.45, 2.75) is 315 Å². The van der Waals surface area contributed by atoms with E-state index in [0.717, 1.165) is 11.8 Å². The summed E-state index contributed by atoms with van der Waals surface area (Å²) >= 11 is 0. The van der Waals surface area contributed by atoms with Crippen molar-refractivity contribution in [3.8, 4) is 0 Å². The van der Waals surface area contributed by atoms with Crippen molar-refractivity contribution in [2.75, 3.05) is 0 Å². The monoisotopic (exact) mass is 1650 g/mol. The Morgan fingerprint density at radius 3 is 0.694 bits per heavy atom. The van der Waals surface area contributed by atoms with Crippen LogP contribution in [-0.2, 0) is 25.7 Å². The van der Waals surface area contributed by atoms with E-state index in [-0.39, 0.29) is 0 Å². The molecule has 0 fully saturated rings. The van der Waals surface area contributed by atoms with Gasteiger partial charge in [-0.3, -0.25) is 0 Å². The van der Waals surface area contributed by atoms with Gasteiger partial charge in [-0.2, -0.15) is 0 Å². The molecule has 0 heterocycles. The molecule has 0 bridgehead atoms. The lowest BCUT2D eigenvalue weighted by Crippen LogP contribution is -2.13. The second-order valence-corrected chi connectivity index (χ2v) is 38.7. The van der Waals surface area contributed by atoms with Gasteiger partial charge in [-0.1, -0.05) is 216 Å². The second-order valence-electron chi connectivity index (χ2n) is 38.7. The predicted octanol–water partition coefficient (Wildman–Crippen LogP) is 35.4. The van der Waals surface area contributed by atoms with E-state index in [1.165, 1.54) is 282 Å². The lowest BCUT2D eigenvalue weighted by atomic mass is 9.80. The fraction of sp³-hybridized carbons (Fsp3) is 0.387. The first-order valence-corrected chi connectivity index (χ1v) is 46.2. The van der Waals surface area contributed by atoms with Gasteiger partial charge < -0.3 is 0 Å². The third-order valence-corrected chi connectivity index (χ3v) is 28.2. The summed E-state index contributed by atoms with van der Waals surface area (Å²) in [4.78, 5) is 0. The minimum Gasteiger partial charge on any atom is -0.0622 e. The van der Waals surface area contributed by atoms with Gasteiger partial charge in [-0.25, -0.2) is 0 Å². The van der Waals surface area contributed by atoms with Crippen LogP contribution in [0.5, 0.6) is 0 Å². The van der Waals surface area contributed by atoms with E-state index in [1.807, 2.05) is 0 Å². The molecule has 0 aromatic heterocycles. The topological polar surface area (TPSA) is 0 Å². The minimum absolute atomic E-state index is 0.879. The number of hydrogen-bond acceptors (Lipinski definition) is 0. The molecule has 2 aliphatic rings. The van der Waals surface area contributed by atoms with Crippen molar-refractivity contribution in [3.05, 3.63) is 391 Å². The summed E-state index contributed by atoms with van der Waals surface area (Å²) in [6.45, 7) is 87.8. The first-order valence-electron chi connectivity index (χ1n) is 46.2. The van der Waals surface area contributed by atoms with Gasteiger partial charge in [-0.05, 0) is 546 Å². The highest BCUT2D eigenvalue weighted by Gasteiger charge is 2.21. The van der Waals surface area contributed by atoms with E-state index >= 15 is 0 Å². The average Bonchev–Trinajstić information content (AvgIpc) is 0.781. The predicted molar refractivity (Wildman–Crippen MR) is 557 cm³/mol. The highest BCUT2D eigenvalue weighted by molar-refractivity contribution is 5.93. The average molecular weight is 1650 g/mol. The number of aryl methyl sites for hydroxylation is 28. The van der Waals surface area contributed by atoms with Crippen molar-refractivity contribution in [1.82, 2.24) is 0 Å². The fourth-order valence-corrected chi connectivity index (χ4v) is 18.4. The van der Waals surface area contributed by atoms with Crippen LogP contribution in [0, 0.1) is 275 Å². The molecular formula is C124H160. The standard InChI is InChI=1S/2C15H18.2C14H20.2C14H16.2C10H14.2C9H12/c2*1-9-6-11(3)15-13(5)12(4)10(2)8-14(15)7-9;4*1-9-5-6-14-12(4)11(3)10(2)8-13(14)7-9;2*1-7-5-8(2)10(4)9(3)6-7;2*1-7-4-5-8(2)9(3)6-7/h2*6-8H,1-5H3;2*8-9H,5-7H2,1-4H3;2*5-8H,1-4H3;2*5-6H,1-4H3;2*4-6H,1-3H3. The van der Waals surface area contributed by atoms with Crippen LogP contribution in [0.1, 0.15) is 260 Å². The molecule has 16 rings (SSSR count). The van der Waals surface area contributed by atoms with Crippen molar-refractivity contribution < 1.29 is 0 Å². The molecule has 0 amide bonds. The van der Waals surface area contributed by atoms with Crippen molar-refractivity contribution in [3.63, 3.8) is 0 Å². The third kappa shape index (κ3) is 26.6. The molecule has 0 N–H and O–H groups in total. The van der Waals surface area contributed by atoms with E-state index in [2.05, 4.69) is 435 Å². The number of rotatable bonds is 0. The van der Waals surface area contributed by atoms with Gasteiger partial charge in [0.05, 0.1) is 0 Å². The molecule has 2 aliphatic carbocycles. The van der Waals surface area contributed by atoms with Gasteiger partial charge in [0.1, 0.15) is 0 Å². The van der Waals surface area contributed by atoms with E-state index in [9.17, 15) is 0 Å². The van der Waals surface area contributed by atoms with Crippen molar-refractivity contribution in [1.29, 1.82) is 0 Å². The zero-order valence-corrected chi connectivity index (χ0v) is 85.4. The van der Waals surface area contributed by atoms with Gasteiger partial charge in [0.15, 0.2) is 0 Å². The summed E-state index contributed by atoms with van der Waals surface area (Å²) in [5, 5.41) is 11.1. The van der Waals surface area contributed by atoms with E-state index in [1.54, 1.807) is 33.4 Å². The summed E-state index contributed by atoms with van der Waals surface area (Å²) in [6, 6.07) is 58.3. The molecule has 656 valence electrons. The fourth-order valence-electron chi connectivity index (χ4n) is 18.4. The molecular weight excluding hydrogens is 1490 g/mol. The Bertz CT molecular complexity index is 5720. The van der Waals surface area contributed by atoms with Crippen LogP contribution in [0.25, 0.3) is 43.1 Å². The summed E-state index contributed by atoms with van der Waals surface area (Å²) < 4.78 is 0. The second kappa shape index (κ2) is 44.8. The highest BCUT2D eigenvalue weighted by Crippen LogP contribution is 2.36. The Labute approximate surface area is 756 Å². The quantitative estimate of drug-likeness (QED) is 0.142. The number of fused-ring (bicyclic) bond motifs is 6. The summed E-state index contributed by atoms with van der Waals surface area (Å²) in [7, 11) is 0. The van der Waals surface area contributed by atoms with Gasteiger partial charge in [0.25, 0.3) is 0 Å². The normalized spacial score (nSPS) is 12.8. The Balaban J connectivity index is 0.000000190. The Morgan fingerprint density at radius 2 is 0.395 bits per heavy atom. The minimum atomic E-state index is 0.879. The van der Waals surface area contributed by atoms with Crippen molar-refractivity contribution >= 4 is 43.1 Å². The lowest BCUT2D eigenvalue weighted by molar-refractivity contribution is 0.499. The van der Waals surface area contributed by atoms with Gasteiger partial charge >= 0.3 is 0 Å². The molecule has 0 aliphatic heterocycles. The first kappa shape index (κ1) is 101. The maximum atomic E-state index is 2.41. The van der Waals surface area contributed by atoms with E-state index in [0.29, 0.717) is 0 Å². The van der Waals surface area contributed by atoms with Crippen LogP contribution in [0.4, 0.5) is 0 Å². The molecule has 0 nitrogen and oxygen atoms in total. The molecule has 14 aromatic carbocycles. The molecule has 2 unspecified atom stereocenters. The third-order valence-electron chi connectivity index (χ3n) is 28.2. The Hall–Kier alpha value is -9.88. The molecule has 124 heavy (non-hydrogen) atoms. The van der Waals surface area contributed by atoms with Crippen LogP contribution in [0.2, 0.25) is 0 Å². The summed E-state index contributed by atoms with van der Waals surface area (Å²) in [5.41, 5.74) is 60.0. The molecule has 14 aromatic rings. The first-order chi connectivity index (χ1) is 58.0. The van der Waals surface area contributed by atoms with E-state index in [4.69, 9.17) is 0 Å². The van der Waals surface area contributed by atoms with Gasteiger partial charge in [0.2, 0.25) is 0 Å². The zero-order chi connectivity index (χ0) is 92.6. The molecule has 0 spiro atoms. The maximum absolute atomic E-state index is 2.41. The van der Waals surface area contributed by atoms with Gasteiger partial charge in [0, 0.05) is 0 Å². The number of hydrogen-bond donors (Lipinski definition) is 0.